The number of hydrogen-bond donors (Lipinski definition) is 1. The number of rotatable bonds is 9. The Morgan fingerprint density at radius 2 is 1.95 bits per heavy atom. The van der Waals surface area contributed by atoms with Crippen LogP contribution in [0.1, 0.15) is 24.0 Å². The van der Waals surface area contributed by atoms with Crippen LogP contribution in [-0.4, -0.2) is 19.8 Å². The van der Waals surface area contributed by atoms with Gasteiger partial charge in [0.25, 0.3) is 0 Å². The summed E-state index contributed by atoms with van der Waals surface area (Å²) in [6, 6.07) is 11.8. The second-order valence-electron chi connectivity index (χ2n) is 4.81. The molecule has 0 spiro atoms. The van der Waals surface area contributed by atoms with Crippen molar-refractivity contribution in [2.24, 2.45) is 0 Å². The van der Waals surface area contributed by atoms with Crippen molar-refractivity contribution in [3.63, 3.8) is 0 Å². The molecule has 0 bridgehead atoms. The first kappa shape index (κ1) is 15.6. The van der Waals surface area contributed by atoms with Gasteiger partial charge < -0.3 is 19.2 Å². The molecular formula is C17H23NO3. The maximum Gasteiger partial charge on any atom is 0.130 e. The molecule has 0 radical (unpaired) electrons. The minimum absolute atomic E-state index is 0.477. The molecule has 1 N–H and O–H groups in total. The largest absolute Gasteiger partial charge is 0.491 e. The molecule has 1 aromatic carbocycles. The van der Waals surface area contributed by atoms with Gasteiger partial charge in [-0.1, -0.05) is 25.1 Å². The number of benzene rings is 1. The summed E-state index contributed by atoms with van der Waals surface area (Å²) in [7, 11) is 0. The van der Waals surface area contributed by atoms with E-state index in [-0.39, 0.29) is 0 Å². The summed E-state index contributed by atoms with van der Waals surface area (Å²) in [6.07, 6.45) is 0. The van der Waals surface area contributed by atoms with E-state index in [1.807, 2.05) is 36.4 Å². The van der Waals surface area contributed by atoms with Gasteiger partial charge in [0.1, 0.15) is 30.5 Å². The van der Waals surface area contributed by atoms with E-state index in [2.05, 4.69) is 19.2 Å². The molecule has 0 aliphatic carbocycles. The van der Waals surface area contributed by atoms with Gasteiger partial charge in [0.2, 0.25) is 0 Å². The van der Waals surface area contributed by atoms with Crippen LogP contribution in [0.15, 0.2) is 40.8 Å². The van der Waals surface area contributed by atoms with E-state index in [1.165, 1.54) is 0 Å². The molecule has 1 heterocycles. The molecule has 0 atom stereocenters. The Hall–Kier alpha value is -1.78. The molecule has 0 aliphatic rings. The highest BCUT2D eigenvalue weighted by atomic mass is 16.5. The van der Waals surface area contributed by atoms with Crippen LogP contribution in [0.25, 0.3) is 0 Å². The summed E-state index contributed by atoms with van der Waals surface area (Å²) < 4.78 is 16.9. The van der Waals surface area contributed by atoms with Crippen LogP contribution in [0, 0.1) is 6.92 Å². The van der Waals surface area contributed by atoms with Gasteiger partial charge in [-0.3, -0.25) is 0 Å². The molecule has 0 amide bonds. The van der Waals surface area contributed by atoms with Crippen LogP contribution in [0.3, 0.4) is 0 Å². The third kappa shape index (κ3) is 5.25. The van der Waals surface area contributed by atoms with Crippen LogP contribution in [0.4, 0.5) is 0 Å². The number of aryl methyl sites for hydroxylation is 1. The molecule has 0 saturated heterocycles. The van der Waals surface area contributed by atoms with Gasteiger partial charge in [0.15, 0.2) is 0 Å². The van der Waals surface area contributed by atoms with Crippen LogP contribution in [-0.2, 0) is 17.9 Å². The van der Waals surface area contributed by atoms with E-state index < -0.39 is 0 Å². The molecule has 0 saturated carbocycles. The van der Waals surface area contributed by atoms with E-state index >= 15 is 0 Å². The number of hydrogen-bond acceptors (Lipinski definition) is 4. The summed E-state index contributed by atoms with van der Waals surface area (Å²) in [4.78, 5) is 0. The maximum atomic E-state index is 5.75. The molecule has 0 fully saturated rings. The Bertz CT molecular complexity index is 522. The zero-order chi connectivity index (χ0) is 14.9. The van der Waals surface area contributed by atoms with E-state index in [9.17, 15) is 0 Å². The Balaban J connectivity index is 1.66. The molecule has 2 aromatic rings. The summed E-state index contributed by atoms with van der Waals surface area (Å²) in [5.74, 6) is 2.71. The maximum absolute atomic E-state index is 5.75. The second-order valence-corrected chi connectivity index (χ2v) is 4.81. The minimum Gasteiger partial charge on any atom is -0.491 e. The van der Waals surface area contributed by atoms with Crippen molar-refractivity contribution in [3.8, 4) is 5.75 Å². The van der Waals surface area contributed by atoms with Gasteiger partial charge >= 0.3 is 0 Å². The Morgan fingerprint density at radius 1 is 1.14 bits per heavy atom. The lowest BCUT2D eigenvalue weighted by molar-refractivity contribution is 0.0774. The third-order valence-corrected chi connectivity index (χ3v) is 3.09. The predicted molar refractivity (Wildman–Crippen MR) is 82.4 cm³/mol. The Morgan fingerprint density at radius 3 is 2.71 bits per heavy atom. The first-order valence-corrected chi connectivity index (χ1v) is 7.34. The number of nitrogens with one attached hydrogen (secondary N) is 1. The van der Waals surface area contributed by atoms with Gasteiger partial charge in [-0.15, -0.1) is 0 Å². The zero-order valence-corrected chi connectivity index (χ0v) is 12.7. The normalized spacial score (nSPS) is 10.8. The fourth-order valence-electron chi connectivity index (χ4n) is 1.98. The number of ether oxygens (including phenoxy) is 2. The summed E-state index contributed by atoms with van der Waals surface area (Å²) in [5, 5.41) is 3.26. The lowest BCUT2D eigenvalue weighted by Gasteiger charge is -2.06. The monoisotopic (exact) mass is 289 g/mol. The van der Waals surface area contributed by atoms with Gasteiger partial charge in [-0.25, -0.2) is 0 Å². The van der Waals surface area contributed by atoms with E-state index in [1.54, 1.807) is 0 Å². The molecule has 0 unspecified atom stereocenters. The molecule has 4 nitrogen and oxygen atoms in total. The standard InChI is InChI=1S/C17H23NO3/c1-3-18-12-17-14(2)11-16(21-17)13-19-9-10-20-15-7-5-4-6-8-15/h4-8,11,18H,3,9-10,12-13H2,1-2H3. The highest BCUT2D eigenvalue weighted by Gasteiger charge is 2.07. The predicted octanol–water partition coefficient (Wildman–Crippen LogP) is 3.29. The van der Waals surface area contributed by atoms with Crippen LogP contribution in [0.2, 0.25) is 0 Å². The van der Waals surface area contributed by atoms with E-state index in [0.29, 0.717) is 19.8 Å². The van der Waals surface area contributed by atoms with Gasteiger partial charge in [0.05, 0.1) is 13.2 Å². The summed E-state index contributed by atoms with van der Waals surface area (Å²) in [6.45, 7) is 7.38. The highest BCUT2D eigenvalue weighted by Crippen LogP contribution is 2.15. The number of para-hydroxylation sites is 1. The van der Waals surface area contributed by atoms with Crippen LogP contribution < -0.4 is 10.1 Å². The molecule has 0 aliphatic heterocycles. The smallest absolute Gasteiger partial charge is 0.130 e. The van der Waals surface area contributed by atoms with Crippen molar-refractivity contribution in [1.82, 2.24) is 5.32 Å². The first-order valence-electron chi connectivity index (χ1n) is 7.34. The van der Waals surface area contributed by atoms with E-state index in [4.69, 9.17) is 13.9 Å². The SMILES string of the molecule is CCNCc1oc(COCCOc2ccccc2)cc1C. The van der Waals surface area contributed by atoms with Crippen molar-refractivity contribution in [2.45, 2.75) is 27.0 Å². The third-order valence-electron chi connectivity index (χ3n) is 3.09. The van der Waals surface area contributed by atoms with Crippen molar-refractivity contribution < 1.29 is 13.9 Å². The molecule has 1 aromatic heterocycles. The van der Waals surface area contributed by atoms with Crippen molar-refractivity contribution >= 4 is 0 Å². The topological polar surface area (TPSA) is 43.6 Å². The zero-order valence-electron chi connectivity index (χ0n) is 12.7. The second kappa shape index (κ2) is 8.49. The fraction of sp³-hybridized carbons (Fsp3) is 0.412. The quantitative estimate of drug-likeness (QED) is 0.719. The molecule has 4 heteroatoms. The highest BCUT2D eigenvalue weighted by molar-refractivity contribution is 5.21. The van der Waals surface area contributed by atoms with Crippen molar-refractivity contribution in [3.05, 3.63) is 53.5 Å². The van der Waals surface area contributed by atoms with Gasteiger partial charge in [0, 0.05) is 0 Å². The first-order chi connectivity index (χ1) is 10.3. The lowest BCUT2D eigenvalue weighted by atomic mass is 10.2. The summed E-state index contributed by atoms with van der Waals surface area (Å²) in [5.41, 5.74) is 1.16. The molecule has 2 rings (SSSR count). The minimum atomic E-state index is 0.477. The van der Waals surface area contributed by atoms with E-state index in [0.717, 1.165) is 35.9 Å². The average Bonchev–Trinajstić information content (AvgIpc) is 2.86. The molecular weight excluding hydrogens is 266 g/mol. The summed E-state index contributed by atoms with van der Waals surface area (Å²) >= 11 is 0. The van der Waals surface area contributed by atoms with Crippen molar-refractivity contribution in [2.75, 3.05) is 19.8 Å². The average molecular weight is 289 g/mol. The van der Waals surface area contributed by atoms with Crippen LogP contribution in [0.5, 0.6) is 5.75 Å². The molecule has 114 valence electrons. The van der Waals surface area contributed by atoms with Gasteiger partial charge in [-0.2, -0.15) is 0 Å². The Kier molecular flexibility index (Phi) is 6.31. The fourth-order valence-corrected chi connectivity index (χ4v) is 1.98. The number of furan rings is 1. The van der Waals surface area contributed by atoms with Crippen molar-refractivity contribution in [1.29, 1.82) is 0 Å². The van der Waals surface area contributed by atoms with Gasteiger partial charge in [-0.05, 0) is 37.2 Å². The Labute approximate surface area is 126 Å². The molecule has 21 heavy (non-hydrogen) atoms. The lowest BCUT2D eigenvalue weighted by Crippen LogP contribution is -2.11. The van der Waals surface area contributed by atoms with Crippen LogP contribution >= 0.6 is 0 Å².